The average Bonchev–Trinajstić information content (AvgIpc) is 2.59. The Labute approximate surface area is 119 Å². The Bertz CT molecular complexity index is 649. The lowest BCUT2D eigenvalue weighted by atomic mass is 10.0. The number of rotatable bonds is 3. The number of carbonyl (C=O) groups is 1. The molecule has 2 rings (SSSR count). The van der Waals surface area contributed by atoms with Gasteiger partial charge in [-0.3, -0.25) is 9.48 Å². The van der Waals surface area contributed by atoms with Crippen LogP contribution < -0.4 is 0 Å². The monoisotopic (exact) mass is 324 g/mol. The van der Waals surface area contributed by atoms with Crippen molar-refractivity contribution in [1.82, 2.24) is 9.78 Å². The molecule has 0 fully saturated rings. The summed E-state index contributed by atoms with van der Waals surface area (Å²) in [4.78, 5) is 12.2. The lowest BCUT2D eigenvalue weighted by Crippen LogP contribution is -2.09. The van der Waals surface area contributed by atoms with Gasteiger partial charge in [0.1, 0.15) is 5.82 Å². The molecular weight excluding hydrogens is 311 g/mol. The summed E-state index contributed by atoms with van der Waals surface area (Å²) in [5, 5.41) is 4.25. The predicted molar refractivity (Wildman–Crippen MR) is 74.8 cm³/mol. The van der Waals surface area contributed by atoms with E-state index in [9.17, 15) is 9.18 Å². The van der Waals surface area contributed by atoms with Crippen molar-refractivity contribution in [3.8, 4) is 0 Å². The molecule has 0 aliphatic rings. The van der Waals surface area contributed by atoms with Crippen molar-refractivity contribution in [1.29, 1.82) is 0 Å². The van der Waals surface area contributed by atoms with E-state index >= 15 is 0 Å². The minimum atomic E-state index is -0.297. The zero-order valence-electron chi connectivity index (χ0n) is 11.0. The number of nitrogens with zero attached hydrogens (tertiary/aromatic N) is 2. The smallest absolute Gasteiger partial charge is 0.168 e. The van der Waals surface area contributed by atoms with Gasteiger partial charge in [0.25, 0.3) is 0 Å². The highest BCUT2D eigenvalue weighted by Gasteiger charge is 2.16. The van der Waals surface area contributed by atoms with Gasteiger partial charge in [0.15, 0.2) is 5.78 Å². The number of ketones is 1. The second-order valence-corrected chi connectivity index (χ2v) is 5.33. The van der Waals surface area contributed by atoms with Crippen LogP contribution in [0, 0.1) is 19.7 Å². The molecule has 0 saturated carbocycles. The van der Waals surface area contributed by atoms with E-state index in [2.05, 4.69) is 21.0 Å². The van der Waals surface area contributed by atoms with Crippen LogP contribution in [0.25, 0.3) is 0 Å². The molecule has 2 aromatic rings. The van der Waals surface area contributed by atoms with E-state index in [0.29, 0.717) is 11.1 Å². The molecule has 19 heavy (non-hydrogen) atoms. The molecule has 0 aliphatic heterocycles. The minimum Gasteiger partial charge on any atom is -0.294 e. The number of benzene rings is 1. The van der Waals surface area contributed by atoms with Crippen LogP contribution in [-0.4, -0.2) is 15.6 Å². The largest absolute Gasteiger partial charge is 0.294 e. The first-order valence-corrected chi connectivity index (χ1v) is 6.66. The Kier molecular flexibility index (Phi) is 3.85. The molecule has 0 amide bonds. The maximum absolute atomic E-state index is 13.2. The second-order valence-electron chi connectivity index (χ2n) is 4.53. The van der Waals surface area contributed by atoms with Crippen LogP contribution in [-0.2, 0) is 13.5 Å². The fourth-order valence-electron chi connectivity index (χ4n) is 1.94. The molecule has 0 atom stereocenters. The Hall–Kier alpha value is -1.49. The third-order valence-corrected chi connectivity index (χ3v) is 4.10. The average molecular weight is 325 g/mol. The second kappa shape index (κ2) is 5.25. The fourth-order valence-corrected chi connectivity index (χ4v) is 2.42. The van der Waals surface area contributed by atoms with E-state index in [1.54, 1.807) is 24.7 Å². The van der Waals surface area contributed by atoms with E-state index in [-0.39, 0.29) is 18.0 Å². The van der Waals surface area contributed by atoms with Gasteiger partial charge >= 0.3 is 0 Å². The van der Waals surface area contributed by atoms with Gasteiger partial charge in [0.2, 0.25) is 0 Å². The van der Waals surface area contributed by atoms with E-state index in [0.717, 1.165) is 15.9 Å². The van der Waals surface area contributed by atoms with Gasteiger partial charge in [-0.05, 0) is 53.5 Å². The van der Waals surface area contributed by atoms with Gasteiger partial charge in [0, 0.05) is 12.6 Å². The zero-order chi connectivity index (χ0) is 14.2. The van der Waals surface area contributed by atoms with E-state index in [1.807, 2.05) is 6.92 Å². The highest BCUT2D eigenvalue weighted by Crippen LogP contribution is 2.22. The Morgan fingerprint density at radius 1 is 1.42 bits per heavy atom. The molecule has 0 spiro atoms. The van der Waals surface area contributed by atoms with Crippen molar-refractivity contribution in [2.24, 2.45) is 7.05 Å². The zero-order valence-corrected chi connectivity index (χ0v) is 12.6. The summed E-state index contributed by atoms with van der Waals surface area (Å²) in [6, 6.07) is 4.42. The molecule has 0 saturated heterocycles. The van der Waals surface area contributed by atoms with Crippen molar-refractivity contribution in [3.63, 3.8) is 0 Å². The van der Waals surface area contributed by atoms with Gasteiger partial charge in [-0.25, -0.2) is 4.39 Å². The summed E-state index contributed by atoms with van der Waals surface area (Å²) >= 11 is 3.43. The summed E-state index contributed by atoms with van der Waals surface area (Å²) in [5.41, 5.74) is 2.67. The third-order valence-electron chi connectivity index (χ3n) is 3.07. The van der Waals surface area contributed by atoms with Crippen LogP contribution >= 0.6 is 15.9 Å². The van der Waals surface area contributed by atoms with E-state index in [4.69, 9.17) is 0 Å². The van der Waals surface area contributed by atoms with Crippen molar-refractivity contribution in [3.05, 3.63) is 51.0 Å². The van der Waals surface area contributed by atoms with Crippen molar-refractivity contribution >= 4 is 21.7 Å². The van der Waals surface area contributed by atoms with Crippen LogP contribution in [0.4, 0.5) is 4.39 Å². The first-order chi connectivity index (χ1) is 8.90. The first kappa shape index (κ1) is 13.9. The first-order valence-electron chi connectivity index (χ1n) is 5.87. The molecule has 1 heterocycles. The number of Topliss-reactive ketones (excluding diaryl/α,β-unsaturated/α-hetero) is 1. The normalized spacial score (nSPS) is 10.8. The van der Waals surface area contributed by atoms with Crippen molar-refractivity contribution in [2.45, 2.75) is 20.3 Å². The number of halogens is 2. The lowest BCUT2D eigenvalue weighted by Gasteiger charge is -2.04. The lowest BCUT2D eigenvalue weighted by molar-refractivity contribution is 0.0990. The van der Waals surface area contributed by atoms with Gasteiger partial charge in [-0.2, -0.15) is 5.10 Å². The maximum Gasteiger partial charge on any atom is 0.168 e. The van der Waals surface area contributed by atoms with Gasteiger partial charge in [-0.1, -0.05) is 0 Å². The van der Waals surface area contributed by atoms with E-state index in [1.165, 1.54) is 12.1 Å². The standard InChI is InChI=1S/C14H14BrFN2O/c1-8-6-10(4-5-11(8)16)13(19)7-12-14(15)9(2)17-18(12)3/h4-6H,7H2,1-3H3. The quantitative estimate of drug-likeness (QED) is 0.811. The van der Waals surface area contributed by atoms with Crippen molar-refractivity contribution < 1.29 is 9.18 Å². The van der Waals surface area contributed by atoms with Crippen LogP contribution in [0.2, 0.25) is 0 Å². The van der Waals surface area contributed by atoms with Gasteiger partial charge < -0.3 is 0 Å². The molecule has 5 heteroatoms. The SMILES string of the molecule is Cc1cc(C(=O)Cc2c(Br)c(C)nn2C)ccc1F. The van der Waals surface area contributed by atoms with Gasteiger partial charge in [-0.15, -0.1) is 0 Å². The predicted octanol–water partition coefficient (Wildman–Crippen LogP) is 3.36. The topological polar surface area (TPSA) is 34.9 Å². The molecule has 0 radical (unpaired) electrons. The number of aromatic nitrogens is 2. The Morgan fingerprint density at radius 3 is 2.63 bits per heavy atom. The third kappa shape index (κ3) is 2.76. The van der Waals surface area contributed by atoms with Gasteiger partial charge in [0.05, 0.1) is 22.3 Å². The molecular formula is C14H14BrFN2O. The molecule has 0 N–H and O–H groups in total. The summed E-state index contributed by atoms with van der Waals surface area (Å²) < 4.78 is 15.7. The molecule has 1 aromatic heterocycles. The van der Waals surface area contributed by atoms with Crippen molar-refractivity contribution in [2.75, 3.05) is 0 Å². The van der Waals surface area contributed by atoms with Crippen LogP contribution in [0.5, 0.6) is 0 Å². The summed E-state index contributed by atoms with van der Waals surface area (Å²) in [5.74, 6) is -0.346. The summed E-state index contributed by atoms with van der Waals surface area (Å²) in [6.07, 6.45) is 0.239. The molecule has 0 aliphatic carbocycles. The summed E-state index contributed by atoms with van der Waals surface area (Å²) in [6.45, 7) is 3.52. The Morgan fingerprint density at radius 2 is 2.11 bits per heavy atom. The van der Waals surface area contributed by atoms with Crippen LogP contribution in [0.3, 0.4) is 0 Å². The summed E-state index contributed by atoms with van der Waals surface area (Å²) in [7, 11) is 1.80. The molecule has 3 nitrogen and oxygen atoms in total. The maximum atomic E-state index is 13.2. The fraction of sp³-hybridized carbons (Fsp3) is 0.286. The number of hydrogen-bond donors (Lipinski definition) is 0. The number of hydrogen-bond acceptors (Lipinski definition) is 2. The number of carbonyl (C=O) groups excluding carboxylic acids is 1. The molecule has 100 valence electrons. The van der Waals surface area contributed by atoms with Crippen LogP contribution in [0.1, 0.15) is 27.3 Å². The highest BCUT2D eigenvalue weighted by molar-refractivity contribution is 9.10. The molecule has 0 bridgehead atoms. The molecule has 1 aromatic carbocycles. The number of aryl methyl sites for hydroxylation is 3. The minimum absolute atomic E-state index is 0.0493. The van der Waals surface area contributed by atoms with Crippen LogP contribution in [0.15, 0.2) is 22.7 Å². The highest BCUT2D eigenvalue weighted by atomic mass is 79.9. The van der Waals surface area contributed by atoms with E-state index < -0.39 is 0 Å². The Balaban J connectivity index is 2.28. The molecule has 0 unspecified atom stereocenters.